The van der Waals surface area contributed by atoms with Gasteiger partial charge in [-0.05, 0) is 74.9 Å². The smallest absolute Gasteiger partial charge is 0.384 e. The standard InChI is InChI=1S/C33H35F3N4O4/c1-21(41)22-4-2-5-23(16-22)25-8-9-29(37-18-25)32(44)13-10-27(11-14-32)39-28-12-15-40(20-28)30(42)19-38-31(43)24-6-3-7-26(17-24)33(34,35)36/h2-9,16-18,27-28,39,44H,10-15,19-20H2,1H3,(H,38,43). The van der Waals surface area contributed by atoms with Crippen LogP contribution in [0.5, 0.6) is 0 Å². The molecule has 5 rings (SSSR count). The average Bonchev–Trinajstić information content (AvgIpc) is 3.49. The molecule has 2 aromatic carbocycles. The topological polar surface area (TPSA) is 112 Å². The van der Waals surface area contributed by atoms with E-state index in [2.05, 4.69) is 15.6 Å². The molecule has 0 bridgehead atoms. The molecule has 1 saturated carbocycles. The van der Waals surface area contributed by atoms with E-state index in [4.69, 9.17) is 0 Å². The molecule has 8 nitrogen and oxygen atoms in total. The Morgan fingerprint density at radius 1 is 0.955 bits per heavy atom. The Morgan fingerprint density at radius 3 is 2.36 bits per heavy atom. The molecule has 1 atom stereocenters. The van der Waals surface area contributed by atoms with Gasteiger partial charge in [0.25, 0.3) is 5.91 Å². The van der Waals surface area contributed by atoms with Crippen molar-refractivity contribution < 1.29 is 32.7 Å². The second-order valence-electron chi connectivity index (χ2n) is 11.6. The number of hydrogen-bond acceptors (Lipinski definition) is 6. The van der Waals surface area contributed by atoms with E-state index in [0.717, 1.165) is 48.6 Å². The van der Waals surface area contributed by atoms with Crippen molar-refractivity contribution in [2.24, 2.45) is 0 Å². The zero-order chi connectivity index (χ0) is 31.5. The minimum atomic E-state index is -4.56. The highest BCUT2D eigenvalue weighted by Gasteiger charge is 2.37. The number of likely N-dealkylation sites (tertiary alicyclic amines) is 1. The van der Waals surface area contributed by atoms with Gasteiger partial charge >= 0.3 is 6.18 Å². The second-order valence-corrected chi connectivity index (χ2v) is 11.6. The van der Waals surface area contributed by atoms with Crippen molar-refractivity contribution in [1.82, 2.24) is 20.5 Å². The van der Waals surface area contributed by atoms with E-state index in [0.29, 0.717) is 37.2 Å². The first kappa shape index (κ1) is 31.3. The zero-order valence-electron chi connectivity index (χ0n) is 24.4. The fourth-order valence-electron chi connectivity index (χ4n) is 5.94. The van der Waals surface area contributed by atoms with E-state index in [-0.39, 0.29) is 35.9 Å². The van der Waals surface area contributed by atoms with Crippen LogP contribution in [0.2, 0.25) is 0 Å². The number of hydrogen-bond donors (Lipinski definition) is 3. The molecule has 3 N–H and O–H groups in total. The molecule has 1 saturated heterocycles. The van der Waals surface area contributed by atoms with Gasteiger partial charge in [0.1, 0.15) is 5.60 Å². The van der Waals surface area contributed by atoms with Crippen LogP contribution in [-0.4, -0.2) is 64.3 Å². The number of nitrogens with zero attached hydrogens (tertiary/aromatic N) is 2. The third kappa shape index (κ3) is 7.34. The van der Waals surface area contributed by atoms with Crippen molar-refractivity contribution in [2.45, 2.75) is 62.9 Å². The van der Waals surface area contributed by atoms with Gasteiger partial charge < -0.3 is 20.6 Å². The fourth-order valence-corrected chi connectivity index (χ4v) is 5.94. The van der Waals surface area contributed by atoms with E-state index in [1.54, 1.807) is 17.2 Å². The molecule has 0 spiro atoms. The summed E-state index contributed by atoms with van der Waals surface area (Å²) in [6.45, 7) is 2.21. The van der Waals surface area contributed by atoms with E-state index in [1.807, 2.05) is 30.3 Å². The van der Waals surface area contributed by atoms with Gasteiger partial charge in [0.05, 0.1) is 17.8 Å². The van der Waals surface area contributed by atoms with Crippen LogP contribution < -0.4 is 10.6 Å². The van der Waals surface area contributed by atoms with Gasteiger partial charge in [-0.25, -0.2) is 0 Å². The molecule has 1 unspecified atom stereocenters. The molecule has 1 aliphatic carbocycles. The Hall–Kier alpha value is -4.09. The van der Waals surface area contributed by atoms with Crippen LogP contribution in [0.3, 0.4) is 0 Å². The summed E-state index contributed by atoms with van der Waals surface area (Å²) >= 11 is 0. The summed E-state index contributed by atoms with van der Waals surface area (Å²) in [6.07, 6.45) is 0.442. The predicted molar refractivity (Wildman–Crippen MR) is 158 cm³/mol. The maximum atomic E-state index is 12.9. The van der Waals surface area contributed by atoms with Crippen LogP contribution in [-0.2, 0) is 16.6 Å². The van der Waals surface area contributed by atoms with Gasteiger partial charge in [-0.15, -0.1) is 0 Å². The van der Waals surface area contributed by atoms with Crippen LogP contribution in [0.1, 0.15) is 71.0 Å². The lowest BCUT2D eigenvalue weighted by Crippen LogP contribution is -2.46. The SMILES string of the molecule is CC(=O)c1cccc(-c2ccc(C3(O)CCC(NC4CCN(C(=O)CNC(=O)c5cccc(C(F)(F)F)c5)C4)CC3)nc2)c1. The van der Waals surface area contributed by atoms with E-state index < -0.39 is 23.2 Å². The van der Waals surface area contributed by atoms with Crippen molar-refractivity contribution in [3.8, 4) is 11.1 Å². The monoisotopic (exact) mass is 608 g/mol. The first-order valence-electron chi connectivity index (χ1n) is 14.7. The minimum Gasteiger partial charge on any atom is -0.384 e. The third-order valence-electron chi connectivity index (χ3n) is 8.52. The summed E-state index contributed by atoms with van der Waals surface area (Å²) in [5.41, 5.74) is 0.891. The number of carbonyl (C=O) groups is 3. The lowest BCUT2D eigenvalue weighted by atomic mass is 9.79. The van der Waals surface area contributed by atoms with Gasteiger partial charge in [0, 0.05) is 48.1 Å². The van der Waals surface area contributed by atoms with E-state index in [9.17, 15) is 32.7 Å². The average molecular weight is 609 g/mol. The van der Waals surface area contributed by atoms with Crippen LogP contribution in [0.4, 0.5) is 13.2 Å². The molecular formula is C33H35F3N4O4. The maximum absolute atomic E-state index is 12.9. The third-order valence-corrected chi connectivity index (χ3v) is 8.52. The molecule has 11 heteroatoms. The Bertz CT molecular complexity index is 1520. The summed E-state index contributed by atoms with van der Waals surface area (Å²) in [7, 11) is 0. The number of alkyl halides is 3. The molecule has 1 aliphatic heterocycles. The highest BCUT2D eigenvalue weighted by Crippen LogP contribution is 2.37. The molecule has 2 aliphatic rings. The molecule has 0 radical (unpaired) electrons. The Morgan fingerprint density at radius 2 is 1.68 bits per heavy atom. The van der Waals surface area contributed by atoms with Gasteiger partial charge in [-0.1, -0.05) is 30.3 Å². The lowest BCUT2D eigenvalue weighted by Gasteiger charge is -2.37. The zero-order valence-corrected chi connectivity index (χ0v) is 24.4. The first-order valence-corrected chi connectivity index (χ1v) is 14.7. The minimum absolute atomic E-state index is 0.00557. The maximum Gasteiger partial charge on any atom is 0.416 e. The predicted octanol–water partition coefficient (Wildman–Crippen LogP) is 4.72. The van der Waals surface area contributed by atoms with Crippen LogP contribution in [0.15, 0.2) is 66.9 Å². The molecule has 3 aromatic rings. The number of carbonyl (C=O) groups excluding carboxylic acids is 3. The van der Waals surface area contributed by atoms with E-state index >= 15 is 0 Å². The molecule has 232 valence electrons. The van der Waals surface area contributed by atoms with Gasteiger partial charge in [0.15, 0.2) is 5.78 Å². The molecule has 2 fully saturated rings. The molecule has 44 heavy (non-hydrogen) atoms. The van der Waals surface area contributed by atoms with Crippen molar-refractivity contribution in [3.05, 3.63) is 89.2 Å². The molecule has 2 heterocycles. The van der Waals surface area contributed by atoms with Crippen molar-refractivity contribution >= 4 is 17.6 Å². The van der Waals surface area contributed by atoms with Gasteiger partial charge in [-0.3, -0.25) is 19.4 Å². The molecular weight excluding hydrogens is 573 g/mol. The number of aromatic nitrogens is 1. The Kier molecular flexibility index (Phi) is 9.17. The quantitative estimate of drug-likeness (QED) is 0.319. The molecule has 1 aromatic heterocycles. The number of pyridine rings is 1. The number of rotatable bonds is 8. The number of Topliss-reactive ketones (excluding diaryl/α,β-unsaturated/α-hetero) is 1. The summed E-state index contributed by atoms with van der Waals surface area (Å²) < 4.78 is 38.8. The van der Waals surface area contributed by atoms with Crippen LogP contribution in [0, 0.1) is 0 Å². The Labute approximate surface area is 253 Å². The number of benzene rings is 2. The van der Waals surface area contributed by atoms with Gasteiger partial charge in [0.2, 0.25) is 5.91 Å². The number of aliphatic hydroxyl groups is 1. The lowest BCUT2D eigenvalue weighted by molar-refractivity contribution is -0.137. The number of ketones is 1. The van der Waals surface area contributed by atoms with Crippen LogP contribution >= 0.6 is 0 Å². The number of halogens is 3. The normalized spacial score (nSPS) is 22.1. The van der Waals surface area contributed by atoms with Crippen molar-refractivity contribution in [3.63, 3.8) is 0 Å². The number of amides is 2. The highest BCUT2D eigenvalue weighted by molar-refractivity contribution is 5.96. The summed E-state index contributed by atoms with van der Waals surface area (Å²) in [6, 6.07) is 15.4. The summed E-state index contributed by atoms with van der Waals surface area (Å²) in [5.74, 6) is -1.04. The fraction of sp³-hybridized carbons (Fsp3) is 0.394. The van der Waals surface area contributed by atoms with Crippen molar-refractivity contribution in [2.75, 3.05) is 19.6 Å². The summed E-state index contributed by atoms with van der Waals surface area (Å²) in [4.78, 5) is 43.0. The number of nitrogens with one attached hydrogen (secondary N) is 2. The Balaban J connectivity index is 1.08. The van der Waals surface area contributed by atoms with Gasteiger partial charge in [-0.2, -0.15) is 13.2 Å². The summed E-state index contributed by atoms with van der Waals surface area (Å²) in [5, 5.41) is 17.4. The second kappa shape index (κ2) is 12.9. The van der Waals surface area contributed by atoms with E-state index in [1.165, 1.54) is 13.0 Å². The first-order chi connectivity index (χ1) is 20.9. The molecule has 2 amide bonds. The largest absolute Gasteiger partial charge is 0.416 e. The van der Waals surface area contributed by atoms with Crippen LogP contribution in [0.25, 0.3) is 11.1 Å². The van der Waals surface area contributed by atoms with Crippen molar-refractivity contribution in [1.29, 1.82) is 0 Å². The highest BCUT2D eigenvalue weighted by atomic mass is 19.4.